The molecule has 0 aliphatic rings. The Morgan fingerprint density at radius 1 is 0.388 bits per heavy atom. The minimum Gasteiger partial charge on any atom is -0.490 e. The number of hydrogen-bond donors (Lipinski definition) is 3. The number of oxazole rings is 2. The molecule has 0 aliphatic heterocycles. The molecule has 14 aromatic rings. The molecule has 0 aliphatic carbocycles. The van der Waals surface area contributed by atoms with Gasteiger partial charge >= 0.3 is 0 Å². The molecule has 0 atom stereocenters. The molecule has 0 spiro atoms. The fourth-order valence-electron chi connectivity index (χ4n) is 13.9. The summed E-state index contributed by atoms with van der Waals surface area (Å²) < 4.78 is 77.5. The van der Waals surface area contributed by atoms with Gasteiger partial charge in [0, 0.05) is 62.6 Å². The minimum absolute atomic E-state index is 0. The molecule has 32 heteroatoms. The van der Waals surface area contributed by atoms with E-state index in [2.05, 4.69) is 150 Å². The number of anilines is 2. The number of sulfone groups is 2. The molecule has 0 fully saturated rings. The first-order chi connectivity index (χ1) is 65.1. The van der Waals surface area contributed by atoms with Gasteiger partial charge in [0.25, 0.3) is 0 Å². The van der Waals surface area contributed by atoms with Gasteiger partial charge in [-0.1, -0.05) is 343 Å². The summed E-state index contributed by atoms with van der Waals surface area (Å²) in [6, 6.07) is 87.6. The quantitative estimate of drug-likeness (QED) is 0.0154. The SMILES string of the molecule is C.CC(C)(c1ccc(N)cc1)c1cc(Cl)c(OCCCl)c(Cl)c1.CC(C)(c1ccc(N=C(c2ccccc2)c2ccccc2)cc1)c1cc(Cl)c(OCCCCl)c(Cl)c1.CC(C)(c1ccc(NCc2ocnc2S(C)(=O)=O)cc1)c1cc(Cl)c(OCCCl)c(Cl)c1.CS(=O)(=O)c1ncoc1CCl.Cc1ccc(C(C)(C)c2cc(Cl)c(OCCCl)c(Cl)c2)cc1.Cl.N=C(c1ccccc1)c1ccccc1. The van der Waals surface area contributed by atoms with Gasteiger partial charge in [0.05, 0.1) is 94.0 Å². The molecular weight excluding hydrogens is 2090 g/mol. The highest BCUT2D eigenvalue weighted by Gasteiger charge is 2.31. The van der Waals surface area contributed by atoms with Crippen LogP contribution in [0.1, 0.15) is 153 Å². The molecule has 139 heavy (non-hydrogen) atoms. The molecule has 738 valence electrons. The van der Waals surface area contributed by atoms with E-state index in [1.54, 1.807) is 0 Å². The van der Waals surface area contributed by atoms with Crippen molar-refractivity contribution in [2.24, 2.45) is 4.99 Å². The predicted octanol–water partition coefficient (Wildman–Crippen LogP) is 32.2. The molecule has 14 rings (SSSR count). The van der Waals surface area contributed by atoms with E-state index in [1.165, 1.54) is 11.1 Å². The van der Waals surface area contributed by atoms with Crippen LogP contribution in [-0.2, 0) is 53.8 Å². The molecule has 2 heterocycles. The van der Waals surface area contributed by atoms with Gasteiger partial charge in [-0.15, -0.1) is 70.4 Å². The summed E-state index contributed by atoms with van der Waals surface area (Å²) in [6.45, 7) is 20.8. The number of nitrogens with two attached hydrogens (primary N) is 1. The lowest BCUT2D eigenvalue weighted by Gasteiger charge is -2.27. The van der Waals surface area contributed by atoms with Gasteiger partial charge in [-0.3, -0.25) is 5.41 Å². The van der Waals surface area contributed by atoms with Crippen LogP contribution in [0.3, 0.4) is 0 Å². The number of rotatable bonds is 32. The molecular formula is C107H110Cl14N6O10S2. The smallest absolute Gasteiger partial charge is 0.198 e. The van der Waals surface area contributed by atoms with E-state index in [0.717, 1.165) is 116 Å². The number of aromatic nitrogens is 2. The topological polar surface area (TPSA) is 232 Å². The average Bonchev–Trinajstić information content (AvgIpc) is 0.834. The molecule has 0 unspecified atom stereocenters. The molecule has 0 amide bonds. The molecule has 16 nitrogen and oxygen atoms in total. The first kappa shape index (κ1) is 117. The lowest BCUT2D eigenvalue weighted by atomic mass is 9.78. The van der Waals surface area contributed by atoms with Gasteiger partial charge in [0.1, 0.15) is 19.8 Å². The third-order valence-corrected chi connectivity index (χ3v) is 27.2. The van der Waals surface area contributed by atoms with Crippen molar-refractivity contribution < 1.29 is 44.6 Å². The van der Waals surface area contributed by atoms with Crippen LogP contribution < -0.4 is 30.0 Å². The lowest BCUT2D eigenvalue weighted by molar-refractivity contribution is 0.318. The summed E-state index contributed by atoms with van der Waals surface area (Å²) in [5.41, 5.74) is 22.3. The Labute approximate surface area is 888 Å². The Morgan fingerprint density at radius 3 is 0.964 bits per heavy atom. The zero-order valence-corrected chi connectivity index (χ0v) is 89.8. The summed E-state index contributed by atoms with van der Waals surface area (Å²) >= 11 is 79.3. The van der Waals surface area contributed by atoms with E-state index < -0.39 is 19.7 Å². The highest BCUT2D eigenvalue weighted by molar-refractivity contribution is 7.91. The zero-order valence-electron chi connectivity index (χ0n) is 77.5. The number of nitrogens with zero attached hydrogens (tertiary/aromatic N) is 3. The van der Waals surface area contributed by atoms with Gasteiger partial charge in [0.2, 0.25) is 0 Å². The molecule has 4 N–H and O–H groups in total. The van der Waals surface area contributed by atoms with Gasteiger partial charge < -0.3 is 38.8 Å². The van der Waals surface area contributed by atoms with E-state index in [-0.39, 0.29) is 75.5 Å². The lowest BCUT2D eigenvalue weighted by Crippen LogP contribution is -2.19. The summed E-state index contributed by atoms with van der Waals surface area (Å²) in [7, 11) is -6.74. The van der Waals surface area contributed by atoms with Gasteiger partial charge in [-0.2, -0.15) is 0 Å². The first-order valence-electron chi connectivity index (χ1n) is 42.9. The van der Waals surface area contributed by atoms with Crippen LogP contribution >= 0.6 is 163 Å². The van der Waals surface area contributed by atoms with Crippen LogP contribution in [-0.4, -0.2) is 101 Å². The van der Waals surface area contributed by atoms with Crippen LogP contribution in [0.25, 0.3) is 0 Å². The standard InChI is InChI=1S/C31H28Cl3NO.C22H23Cl3N2O4S.C18H19Cl3O.C17H18Cl3NO.C13H11N.C5H6ClNO3S.CH4.ClH/c1-31(2,25-20-27(33)30(28(34)21-25)36-19-9-18-32)24-14-16-26(17-15-24)35-29(22-10-5-3-6-11-22)23-12-7-4-8-13-23;1-22(2,15-10-17(24)20(18(25)11-15)30-9-8-23)14-4-6-16(7-5-14)26-12-19-21(27-13-31-19)32(3,28)29;1-12-4-6-13(7-5-12)18(2,3)14-10-15(20)17(16(21)11-14)22-9-8-19;1-17(2,11-3-5-13(21)6-4-11)12-9-14(19)16(15(20)10-12)22-8-7-18;14-13(11-7-3-1-4-8-11)12-9-5-2-6-10-12;1-11(8,9)5-4(2-6)10-3-7-5;;/h3-8,10-17,20-21H,9,18-19H2,1-2H3;4-7,10-11,13,26H,8-9,12H2,1-3H3;4-7,10-11H,8-9H2,1-3H3;3-6,9-10H,7-8,21H2,1-2H3;1-10,14H;3H,2H2,1H3;1H4;1H. The molecule has 0 bridgehead atoms. The van der Waals surface area contributed by atoms with Crippen LogP contribution in [0.15, 0.2) is 304 Å². The van der Waals surface area contributed by atoms with Crippen LogP contribution in [0.5, 0.6) is 23.0 Å². The number of alkyl halides is 5. The van der Waals surface area contributed by atoms with Gasteiger partial charge in [-0.25, -0.2) is 31.8 Å². The maximum Gasteiger partial charge on any atom is 0.198 e. The van der Waals surface area contributed by atoms with Crippen molar-refractivity contribution in [1.82, 2.24) is 9.97 Å². The van der Waals surface area contributed by atoms with Crippen molar-refractivity contribution in [2.45, 2.75) is 120 Å². The third kappa shape index (κ3) is 33.1. The second-order valence-corrected chi connectivity index (χ2v) is 42.1. The monoisotopic (exact) mass is 2190 g/mol. The number of ether oxygens (including phenoxy) is 4. The Kier molecular flexibility index (Phi) is 46.5. The van der Waals surface area contributed by atoms with E-state index in [9.17, 15) is 16.8 Å². The third-order valence-electron chi connectivity index (χ3n) is 21.9. The number of aliphatic imine (C=N–C) groups is 1. The molecule has 0 saturated heterocycles. The maximum atomic E-state index is 11.8. The summed E-state index contributed by atoms with van der Waals surface area (Å²) in [6.07, 6.45) is 5.07. The Balaban J connectivity index is 0.000000235. The number of nitrogens with one attached hydrogen (secondary N) is 2. The van der Waals surface area contributed by atoms with Crippen molar-refractivity contribution in [1.29, 1.82) is 5.41 Å². The number of aryl methyl sites for hydroxylation is 1. The van der Waals surface area contributed by atoms with Crippen molar-refractivity contribution >= 4 is 211 Å². The summed E-state index contributed by atoms with van der Waals surface area (Å²) in [5.74, 6) is 4.00. The van der Waals surface area contributed by atoms with E-state index in [4.69, 9.17) is 195 Å². The van der Waals surface area contributed by atoms with Crippen molar-refractivity contribution in [2.75, 3.05) is 73.5 Å². The fraction of sp³-hybridized carbons (Fsp3) is 0.252. The Hall–Kier alpha value is -8.84. The van der Waals surface area contributed by atoms with Gasteiger partial charge in [-0.05, 0) is 154 Å². The molecule has 2 aromatic heterocycles. The van der Waals surface area contributed by atoms with Crippen molar-refractivity contribution in [3.63, 3.8) is 0 Å². The number of halogens is 14. The fourth-order valence-corrected chi connectivity index (χ4v) is 18.4. The van der Waals surface area contributed by atoms with E-state index in [0.29, 0.717) is 119 Å². The summed E-state index contributed by atoms with van der Waals surface area (Å²) in [5, 5.41) is 14.8. The minimum atomic E-state index is -3.45. The first-order valence-corrected chi connectivity index (χ1v) is 52.4. The molecule has 12 aromatic carbocycles. The van der Waals surface area contributed by atoms with E-state index >= 15 is 0 Å². The predicted molar refractivity (Wildman–Crippen MR) is 586 cm³/mol. The number of benzene rings is 12. The van der Waals surface area contributed by atoms with Crippen molar-refractivity contribution in [3.8, 4) is 23.0 Å². The zero-order chi connectivity index (χ0) is 100. The molecule has 0 radical (unpaired) electrons. The Bertz CT molecular complexity index is 6260. The second kappa shape index (κ2) is 55.1. The highest BCUT2D eigenvalue weighted by atomic mass is 35.5. The Morgan fingerprint density at radius 2 is 0.669 bits per heavy atom. The van der Waals surface area contributed by atoms with Crippen LogP contribution in [0.4, 0.5) is 17.1 Å². The van der Waals surface area contributed by atoms with E-state index in [1.807, 2.05) is 194 Å². The molecule has 0 saturated carbocycles. The van der Waals surface area contributed by atoms with Crippen LogP contribution in [0, 0.1) is 12.3 Å². The van der Waals surface area contributed by atoms with Crippen LogP contribution in [0.2, 0.25) is 40.2 Å². The summed E-state index contributed by atoms with van der Waals surface area (Å²) in [4.78, 5) is 12.3. The van der Waals surface area contributed by atoms with Gasteiger partial charge in [0.15, 0.2) is 77.0 Å². The second-order valence-electron chi connectivity index (χ2n) is 33.2. The maximum absolute atomic E-state index is 11.8. The number of hydrogen-bond acceptors (Lipinski definition) is 16. The largest absolute Gasteiger partial charge is 0.490 e. The highest BCUT2D eigenvalue weighted by Crippen LogP contribution is 2.46. The number of nitrogen functional groups attached to an aromatic ring is 1. The van der Waals surface area contributed by atoms with Crippen molar-refractivity contribution in [3.05, 3.63) is 404 Å². The normalized spacial score (nSPS) is 11.3. The average molecular weight is 2200 g/mol.